The van der Waals surface area contributed by atoms with Crippen molar-refractivity contribution < 1.29 is 20.2 Å². The predicted octanol–water partition coefficient (Wildman–Crippen LogP) is -0.436. The Morgan fingerprint density at radius 3 is 2.50 bits per heavy atom. The summed E-state index contributed by atoms with van der Waals surface area (Å²) in [7, 11) is 0. The molecule has 5 N–H and O–H groups in total. The number of nitro groups is 1. The van der Waals surface area contributed by atoms with E-state index in [1.807, 2.05) is 0 Å². The first-order valence-corrected chi connectivity index (χ1v) is 4.48. The summed E-state index contributed by atoms with van der Waals surface area (Å²) in [5.41, 5.74) is 5.43. The van der Waals surface area contributed by atoms with Crippen LogP contribution in [0.4, 0.5) is 11.4 Å². The number of aliphatic hydroxyl groups is 3. The van der Waals surface area contributed by atoms with Crippen molar-refractivity contribution in [1.29, 1.82) is 0 Å². The van der Waals surface area contributed by atoms with Gasteiger partial charge in [-0.1, -0.05) is 0 Å². The number of benzene rings is 1. The fourth-order valence-corrected chi connectivity index (χ4v) is 1.25. The van der Waals surface area contributed by atoms with E-state index >= 15 is 0 Å². The van der Waals surface area contributed by atoms with Crippen LogP contribution in [0.1, 0.15) is 11.7 Å². The maximum absolute atomic E-state index is 10.4. The quantitative estimate of drug-likeness (QED) is 0.314. The van der Waals surface area contributed by atoms with Crippen molar-refractivity contribution in [1.82, 2.24) is 0 Å². The van der Waals surface area contributed by atoms with E-state index < -0.39 is 23.7 Å². The summed E-state index contributed by atoms with van der Waals surface area (Å²) in [6.07, 6.45) is -2.74. The summed E-state index contributed by atoms with van der Waals surface area (Å²) in [6.45, 7) is -0.627. The fourth-order valence-electron chi connectivity index (χ4n) is 1.25. The van der Waals surface area contributed by atoms with Gasteiger partial charge in [0.15, 0.2) is 0 Å². The first-order chi connectivity index (χ1) is 7.47. The molecule has 2 unspecified atom stereocenters. The van der Waals surface area contributed by atoms with E-state index in [1.165, 1.54) is 12.1 Å². The summed E-state index contributed by atoms with van der Waals surface area (Å²) in [5, 5.41) is 37.8. The third-order valence-electron chi connectivity index (χ3n) is 2.15. The Labute approximate surface area is 90.9 Å². The van der Waals surface area contributed by atoms with Crippen LogP contribution in [0.15, 0.2) is 18.2 Å². The lowest BCUT2D eigenvalue weighted by Crippen LogP contribution is -2.22. The lowest BCUT2D eigenvalue weighted by molar-refractivity contribution is -0.384. The number of nitrogens with two attached hydrogens (primary N) is 1. The minimum absolute atomic E-state index is 0.00537. The van der Waals surface area contributed by atoms with Gasteiger partial charge in [-0.25, -0.2) is 0 Å². The topological polar surface area (TPSA) is 130 Å². The molecule has 88 valence electrons. The summed E-state index contributed by atoms with van der Waals surface area (Å²) < 4.78 is 0. The normalized spacial score (nSPS) is 14.4. The summed E-state index contributed by atoms with van der Waals surface area (Å²) in [4.78, 5) is 9.81. The Morgan fingerprint density at radius 2 is 2.06 bits per heavy atom. The van der Waals surface area contributed by atoms with Crippen LogP contribution in [0.25, 0.3) is 0 Å². The third-order valence-corrected chi connectivity index (χ3v) is 2.15. The number of nitro benzene ring substituents is 1. The third kappa shape index (κ3) is 2.45. The van der Waals surface area contributed by atoms with Crippen molar-refractivity contribution in [2.24, 2.45) is 0 Å². The van der Waals surface area contributed by atoms with E-state index in [2.05, 4.69) is 0 Å². The highest BCUT2D eigenvalue weighted by Crippen LogP contribution is 2.26. The van der Waals surface area contributed by atoms with E-state index in [4.69, 9.17) is 10.8 Å². The molecule has 0 aromatic heterocycles. The molecule has 0 amide bonds. The number of anilines is 1. The van der Waals surface area contributed by atoms with Crippen LogP contribution >= 0.6 is 0 Å². The van der Waals surface area contributed by atoms with Gasteiger partial charge in [-0.2, -0.15) is 0 Å². The molecule has 0 spiro atoms. The highest BCUT2D eigenvalue weighted by atomic mass is 16.6. The highest BCUT2D eigenvalue weighted by molar-refractivity contribution is 5.55. The minimum Gasteiger partial charge on any atom is -0.398 e. The molecule has 1 aromatic rings. The van der Waals surface area contributed by atoms with Crippen LogP contribution in [0.5, 0.6) is 0 Å². The first kappa shape index (κ1) is 12.4. The molecule has 1 aromatic carbocycles. The van der Waals surface area contributed by atoms with Gasteiger partial charge in [-0.3, -0.25) is 10.1 Å². The Hall–Kier alpha value is -1.70. The molecule has 0 aliphatic carbocycles. The lowest BCUT2D eigenvalue weighted by atomic mass is 10.0. The van der Waals surface area contributed by atoms with Crippen molar-refractivity contribution in [3.05, 3.63) is 33.9 Å². The van der Waals surface area contributed by atoms with Crippen molar-refractivity contribution >= 4 is 11.4 Å². The highest BCUT2D eigenvalue weighted by Gasteiger charge is 2.21. The van der Waals surface area contributed by atoms with Gasteiger partial charge in [-0.05, 0) is 6.07 Å². The van der Waals surface area contributed by atoms with Crippen LogP contribution < -0.4 is 5.73 Å². The van der Waals surface area contributed by atoms with Crippen LogP contribution in [0, 0.1) is 10.1 Å². The van der Waals surface area contributed by atoms with E-state index in [0.717, 1.165) is 6.07 Å². The summed E-state index contributed by atoms with van der Waals surface area (Å²) >= 11 is 0. The number of rotatable bonds is 4. The molecule has 0 radical (unpaired) electrons. The largest absolute Gasteiger partial charge is 0.398 e. The number of aliphatic hydroxyl groups excluding tert-OH is 3. The lowest BCUT2D eigenvalue weighted by Gasteiger charge is -2.17. The second-order valence-electron chi connectivity index (χ2n) is 3.27. The smallest absolute Gasteiger partial charge is 0.271 e. The Kier molecular flexibility index (Phi) is 3.78. The molecule has 0 aliphatic rings. The van der Waals surface area contributed by atoms with Crippen molar-refractivity contribution in [2.45, 2.75) is 12.2 Å². The van der Waals surface area contributed by atoms with E-state index in [1.54, 1.807) is 0 Å². The minimum atomic E-state index is -1.37. The Bertz CT molecular complexity index is 395. The molecule has 7 nitrogen and oxygen atoms in total. The summed E-state index contributed by atoms with van der Waals surface area (Å²) in [5.74, 6) is 0. The van der Waals surface area contributed by atoms with E-state index in [-0.39, 0.29) is 16.9 Å². The van der Waals surface area contributed by atoms with Gasteiger partial charge in [-0.15, -0.1) is 0 Å². The number of hydrogen-bond donors (Lipinski definition) is 4. The molecule has 16 heavy (non-hydrogen) atoms. The van der Waals surface area contributed by atoms with Gasteiger partial charge < -0.3 is 21.1 Å². The molecule has 0 heterocycles. The monoisotopic (exact) mass is 228 g/mol. The van der Waals surface area contributed by atoms with Gasteiger partial charge in [0.25, 0.3) is 5.69 Å². The average Bonchev–Trinajstić information content (AvgIpc) is 2.26. The molecule has 0 saturated heterocycles. The maximum Gasteiger partial charge on any atom is 0.271 e. The average molecular weight is 228 g/mol. The molecule has 7 heteroatoms. The standard InChI is InChI=1S/C9H12N2O5/c10-7-3-5(11(15)16)1-2-6(7)9(14)8(13)4-12/h1-3,8-9,12-14H,4,10H2. The van der Waals surface area contributed by atoms with Gasteiger partial charge in [0.2, 0.25) is 0 Å². The number of non-ortho nitro benzene ring substituents is 1. The number of hydrogen-bond acceptors (Lipinski definition) is 6. The van der Waals surface area contributed by atoms with Crippen LogP contribution in [0.3, 0.4) is 0 Å². The predicted molar refractivity (Wildman–Crippen MR) is 55.6 cm³/mol. The zero-order chi connectivity index (χ0) is 12.3. The SMILES string of the molecule is Nc1cc([N+](=O)[O-])ccc1C(O)C(O)CO. The molecule has 0 fully saturated rings. The van der Waals surface area contributed by atoms with Crippen molar-refractivity contribution in [3.8, 4) is 0 Å². The van der Waals surface area contributed by atoms with E-state index in [9.17, 15) is 20.3 Å². The van der Waals surface area contributed by atoms with Crippen molar-refractivity contribution in [3.63, 3.8) is 0 Å². The van der Waals surface area contributed by atoms with Crippen LogP contribution in [0.2, 0.25) is 0 Å². The first-order valence-electron chi connectivity index (χ1n) is 4.48. The zero-order valence-corrected chi connectivity index (χ0v) is 8.28. The van der Waals surface area contributed by atoms with Gasteiger partial charge in [0.1, 0.15) is 12.2 Å². The molecule has 0 saturated carbocycles. The molecule has 0 bridgehead atoms. The second kappa shape index (κ2) is 4.88. The number of nitrogens with zero attached hydrogens (tertiary/aromatic N) is 1. The summed E-state index contributed by atoms with van der Waals surface area (Å²) in [6, 6.07) is 3.50. The molecular formula is C9H12N2O5. The van der Waals surface area contributed by atoms with Gasteiger partial charge >= 0.3 is 0 Å². The molecule has 1 rings (SSSR count). The fraction of sp³-hybridized carbons (Fsp3) is 0.333. The zero-order valence-electron chi connectivity index (χ0n) is 8.28. The van der Waals surface area contributed by atoms with Gasteiger partial charge in [0.05, 0.1) is 11.5 Å². The Morgan fingerprint density at radius 1 is 1.44 bits per heavy atom. The van der Waals surface area contributed by atoms with Gasteiger partial charge in [0, 0.05) is 23.4 Å². The molecular weight excluding hydrogens is 216 g/mol. The number of nitrogen functional groups attached to an aromatic ring is 1. The van der Waals surface area contributed by atoms with E-state index in [0.29, 0.717) is 0 Å². The molecule has 2 atom stereocenters. The Balaban J connectivity index is 3.03. The van der Waals surface area contributed by atoms with Crippen molar-refractivity contribution in [2.75, 3.05) is 12.3 Å². The molecule has 0 aliphatic heterocycles. The second-order valence-corrected chi connectivity index (χ2v) is 3.27. The van der Waals surface area contributed by atoms with Crippen LogP contribution in [-0.4, -0.2) is 33.0 Å². The maximum atomic E-state index is 10.4. The van der Waals surface area contributed by atoms with Crippen LogP contribution in [-0.2, 0) is 0 Å².